The fourth-order valence-electron chi connectivity index (χ4n) is 2.11. The van der Waals surface area contributed by atoms with Crippen LogP contribution in [0.25, 0.3) is 0 Å². The smallest absolute Gasteiger partial charge is 0.433 e. The summed E-state index contributed by atoms with van der Waals surface area (Å²) in [6.07, 6.45) is -3.50. The second-order valence-corrected chi connectivity index (χ2v) is 4.57. The van der Waals surface area contributed by atoms with Crippen LogP contribution in [0.5, 0.6) is 0 Å². The van der Waals surface area contributed by atoms with E-state index in [1.54, 1.807) is 6.92 Å². The lowest BCUT2D eigenvalue weighted by molar-refractivity contribution is -0.142. The summed E-state index contributed by atoms with van der Waals surface area (Å²) in [5, 5.41) is 8.98. The summed E-state index contributed by atoms with van der Waals surface area (Å²) in [5.41, 5.74) is -1.02. The van der Waals surface area contributed by atoms with Crippen molar-refractivity contribution in [3.8, 4) is 0 Å². The fraction of sp³-hybridized carbons (Fsp3) is 0.545. The average Bonchev–Trinajstić information content (AvgIpc) is 2.70. The van der Waals surface area contributed by atoms with Crippen molar-refractivity contribution >= 4 is 11.9 Å². The van der Waals surface area contributed by atoms with Crippen LogP contribution in [0.3, 0.4) is 0 Å². The molecule has 1 saturated heterocycles. The molecule has 8 heteroatoms. The van der Waals surface area contributed by atoms with Crippen LogP contribution >= 0.6 is 0 Å². The van der Waals surface area contributed by atoms with E-state index >= 15 is 0 Å². The van der Waals surface area contributed by atoms with E-state index < -0.39 is 23.8 Å². The molecule has 0 aromatic carbocycles. The molecule has 0 unspecified atom stereocenters. The number of carboxylic acids is 1. The molecule has 0 bridgehead atoms. The monoisotopic (exact) mass is 275 g/mol. The Morgan fingerprint density at radius 2 is 2.16 bits per heavy atom. The van der Waals surface area contributed by atoms with Gasteiger partial charge >= 0.3 is 12.1 Å². The minimum absolute atomic E-state index is 0.0783. The molecular weight excluding hydrogens is 263 g/mol. The van der Waals surface area contributed by atoms with Gasteiger partial charge in [0.25, 0.3) is 0 Å². The molecule has 2 rings (SSSR count). The first-order valence-electron chi connectivity index (χ1n) is 5.67. The second kappa shape index (κ2) is 4.67. The summed E-state index contributed by atoms with van der Waals surface area (Å²) in [6, 6.07) is 0.789. The van der Waals surface area contributed by atoms with Crippen molar-refractivity contribution in [1.82, 2.24) is 9.97 Å². The van der Waals surface area contributed by atoms with Crippen LogP contribution in [0, 0.1) is 11.8 Å². The van der Waals surface area contributed by atoms with Crippen molar-refractivity contribution in [2.45, 2.75) is 13.1 Å². The zero-order valence-electron chi connectivity index (χ0n) is 10.1. The van der Waals surface area contributed by atoms with Crippen molar-refractivity contribution in [3.05, 3.63) is 18.0 Å². The van der Waals surface area contributed by atoms with E-state index in [1.165, 1.54) is 4.90 Å². The third kappa shape index (κ3) is 2.77. The molecule has 2 heterocycles. The summed E-state index contributed by atoms with van der Waals surface area (Å²) in [7, 11) is 0. The first-order chi connectivity index (χ1) is 8.79. The normalized spacial score (nSPS) is 23.7. The van der Waals surface area contributed by atoms with Crippen LogP contribution in [0.1, 0.15) is 12.6 Å². The van der Waals surface area contributed by atoms with Gasteiger partial charge in [-0.15, -0.1) is 0 Å². The van der Waals surface area contributed by atoms with Gasteiger partial charge in [0.15, 0.2) is 0 Å². The maximum Gasteiger partial charge on any atom is 0.433 e. The van der Waals surface area contributed by atoms with Gasteiger partial charge in [-0.05, 0) is 12.0 Å². The largest absolute Gasteiger partial charge is 0.481 e. The van der Waals surface area contributed by atoms with E-state index in [0.29, 0.717) is 6.54 Å². The van der Waals surface area contributed by atoms with Gasteiger partial charge in [-0.3, -0.25) is 4.79 Å². The number of rotatable bonds is 2. The summed E-state index contributed by atoms with van der Waals surface area (Å²) >= 11 is 0. The number of anilines is 1. The number of hydrogen-bond acceptors (Lipinski definition) is 4. The van der Waals surface area contributed by atoms with Crippen molar-refractivity contribution in [2.75, 3.05) is 18.0 Å². The molecular formula is C11H12F3N3O2. The highest BCUT2D eigenvalue weighted by Crippen LogP contribution is 2.30. The lowest BCUT2D eigenvalue weighted by atomic mass is 9.99. The zero-order valence-corrected chi connectivity index (χ0v) is 10.1. The summed E-state index contributed by atoms with van der Waals surface area (Å²) in [5.74, 6) is -1.80. The Morgan fingerprint density at radius 3 is 2.68 bits per heavy atom. The first-order valence-corrected chi connectivity index (χ1v) is 5.67. The number of aromatic nitrogens is 2. The van der Waals surface area contributed by atoms with Crippen molar-refractivity contribution < 1.29 is 23.1 Å². The Hall–Kier alpha value is -1.86. The Morgan fingerprint density at radius 1 is 1.47 bits per heavy atom. The van der Waals surface area contributed by atoms with Crippen LogP contribution in [-0.2, 0) is 11.0 Å². The van der Waals surface area contributed by atoms with Gasteiger partial charge in [-0.2, -0.15) is 13.2 Å². The predicted molar refractivity (Wildman–Crippen MR) is 59.5 cm³/mol. The molecule has 0 spiro atoms. The van der Waals surface area contributed by atoms with Crippen molar-refractivity contribution in [2.24, 2.45) is 11.8 Å². The predicted octanol–water partition coefficient (Wildman–Crippen LogP) is 1.65. The number of aliphatic carboxylic acids is 1. The van der Waals surface area contributed by atoms with Crippen molar-refractivity contribution in [3.63, 3.8) is 0 Å². The highest BCUT2D eigenvalue weighted by molar-refractivity contribution is 5.72. The Labute approximate surface area is 107 Å². The van der Waals surface area contributed by atoms with Crippen LogP contribution in [0.4, 0.5) is 19.1 Å². The van der Waals surface area contributed by atoms with E-state index in [1.807, 2.05) is 0 Å². The zero-order chi connectivity index (χ0) is 14.2. The minimum atomic E-state index is -4.53. The average molecular weight is 275 g/mol. The van der Waals surface area contributed by atoms with E-state index in [4.69, 9.17) is 5.11 Å². The molecule has 104 valence electrons. The van der Waals surface area contributed by atoms with Crippen molar-refractivity contribution in [1.29, 1.82) is 0 Å². The first kappa shape index (κ1) is 13.6. The van der Waals surface area contributed by atoms with Gasteiger partial charge in [0.05, 0.1) is 5.92 Å². The second-order valence-electron chi connectivity index (χ2n) is 4.57. The lowest BCUT2D eigenvalue weighted by Crippen LogP contribution is -2.25. The van der Waals surface area contributed by atoms with Crippen LogP contribution in [0.15, 0.2) is 12.3 Å². The van der Waals surface area contributed by atoms with Gasteiger partial charge in [0, 0.05) is 19.3 Å². The molecule has 1 N–H and O–H groups in total. The maximum absolute atomic E-state index is 12.5. The number of halogens is 3. The Bertz CT molecular complexity index is 492. The standard InChI is InChI=1S/C11H12F3N3O2/c1-6-4-17(5-7(6)9(18)19)10-15-3-2-8(16-10)11(12,13)14/h2-3,6-7H,4-5H2,1H3,(H,18,19)/t6-,7-/m1/s1. The quantitative estimate of drug-likeness (QED) is 0.889. The maximum atomic E-state index is 12.5. The third-order valence-corrected chi connectivity index (χ3v) is 3.15. The Balaban J connectivity index is 2.22. The molecule has 0 saturated carbocycles. The fourth-order valence-corrected chi connectivity index (χ4v) is 2.11. The SMILES string of the molecule is C[C@@H]1CN(c2nccc(C(F)(F)F)n2)C[C@H]1C(=O)O. The van der Waals surface area contributed by atoms with Crippen LogP contribution in [0.2, 0.25) is 0 Å². The molecule has 1 fully saturated rings. The molecule has 0 amide bonds. The van der Waals surface area contributed by atoms with E-state index in [2.05, 4.69) is 9.97 Å². The van der Waals surface area contributed by atoms with Crippen LogP contribution in [-0.4, -0.2) is 34.1 Å². The molecule has 1 aromatic heterocycles. The summed E-state index contributed by atoms with van der Waals surface area (Å²) in [6.45, 7) is 2.20. The molecule has 2 atom stereocenters. The van der Waals surface area contributed by atoms with Gasteiger partial charge < -0.3 is 10.0 Å². The highest BCUT2D eigenvalue weighted by atomic mass is 19.4. The topological polar surface area (TPSA) is 66.3 Å². The van der Waals surface area contributed by atoms with Gasteiger partial charge in [-0.25, -0.2) is 9.97 Å². The molecule has 19 heavy (non-hydrogen) atoms. The van der Waals surface area contributed by atoms with E-state index in [0.717, 1.165) is 12.3 Å². The lowest BCUT2D eigenvalue weighted by Gasteiger charge is -2.16. The molecule has 0 radical (unpaired) electrons. The third-order valence-electron chi connectivity index (χ3n) is 3.15. The number of alkyl halides is 3. The molecule has 1 aliphatic heterocycles. The number of carboxylic acid groups (broad SMARTS) is 1. The molecule has 1 aromatic rings. The minimum Gasteiger partial charge on any atom is -0.481 e. The molecule has 1 aliphatic rings. The highest BCUT2D eigenvalue weighted by Gasteiger charge is 2.37. The summed E-state index contributed by atoms with van der Waals surface area (Å²) < 4.78 is 37.6. The van der Waals surface area contributed by atoms with Gasteiger partial charge in [0.2, 0.25) is 5.95 Å². The summed E-state index contributed by atoms with van der Waals surface area (Å²) in [4.78, 5) is 19.7. The molecule has 5 nitrogen and oxygen atoms in total. The van der Waals surface area contributed by atoms with Crippen LogP contribution < -0.4 is 4.90 Å². The van der Waals surface area contributed by atoms with Gasteiger partial charge in [-0.1, -0.05) is 6.92 Å². The number of hydrogen-bond donors (Lipinski definition) is 1. The molecule has 0 aliphatic carbocycles. The number of nitrogens with zero attached hydrogens (tertiary/aromatic N) is 3. The number of carbonyl (C=O) groups is 1. The van der Waals surface area contributed by atoms with E-state index in [9.17, 15) is 18.0 Å². The Kier molecular flexibility index (Phi) is 3.34. The van der Waals surface area contributed by atoms with E-state index in [-0.39, 0.29) is 18.4 Å². The van der Waals surface area contributed by atoms with Gasteiger partial charge in [0.1, 0.15) is 5.69 Å².